The molecule has 1 saturated heterocycles. The van der Waals surface area contributed by atoms with Crippen LogP contribution in [0.15, 0.2) is 18.2 Å². The highest BCUT2D eigenvalue weighted by atomic mass is 16.1. The van der Waals surface area contributed by atoms with Gasteiger partial charge in [0.05, 0.1) is 0 Å². The van der Waals surface area contributed by atoms with E-state index in [1.54, 1.807) is 6.07 Å². The molecule has 1 aromatic heterocycles. The third-order valence-corrected chi connectivity index (χ3v) is 2.98. The second-order valence-electron chi connectivity index (χ2n) is 4.22. The third-order valence-electron chi connectivity index (χ3n) is 2.98. The van der Waals surface area contributed by atoms with Crippen molar-refractivity contribution in [2.75, 3.05) is 12.3 Å². The fourth-order valence-corrected chi connectivity index (χ4v) is 2.07. The van der Waals surface area contributed by atoms with Crippen molar-refractivity contribution in [3.8, 4) is 0 Å². The van der Waals surface area contributed by atoms with Crippen molar-refractivity contribution in [3.05, 3.63) is 23.9 Å². The number of aromatic nitrogens is 1. The van der Waals surface area contributed by atoms with Crippen LogP contribution in [0.25, 0.3) is 0 Å². The van der Waals surface area contributed by atoms with Crippen LogP contribution >= 0.6 is 0 Å². The number of aryl methyl sites for hydroxylation is 1. The summed E-state index contributed by atoms with van der Waals surface area (Å²) in [7, 11) is 0. The molecule has 1 atom stereocenters. The number of nitrogens with one attached hydrogen (secondary N) is 1. The molecule has 1 amide bonds. The molecule has 1 aliphatic heterocycles. The summed E-state index contributed by atoms with van der Waals surface area (Å²) in [6.45, 7) is 0.825. The molecule has 2 heterocycles. The van der Waals surface area contributed by atoms with E-state index in [2.05, 4.69) is 10.3 Å². The fraction of sp³-hybridized carbons (Fsp3) is 0.500. The smallest absolute Gasteiger partial charge is 0.223 e. The molecule has 0 aromatic carbocycles. The molecule has 2 rings (SSSR count). The van der Waals surface area contributed by atoms with Gasteiger partial charge in [0.15, 0.2) is 0 Å². The normalized spacial score (nSPS) is 20.5. The Kier molecular flexibility index (Phi) is 3.39. The number of nitrogen functional groups attached to an aromatic ring is 1. The lowest BCUT2D eigenvalue weighted by molar-refractivity contribution is -0.126. The molecule has 4 nitrogen and oxygen atoms in total. The highest BCUT2D eigenvalue weighted by Crippen LogP contribution is 2.17. The van der Waals surface area contributed by atoms with Crippen LogP contribution in [0.3, 0.4) is 0 Å². The van der Waals surface area contributed by atoms with E-state index in [0.717, 1.165) is 37.9 Å². The van der Waals surface area contributed by atoms with Crippen LogP contribution < -0.4 is 11.1 Å². The SMILES string of the molecule is Nc1cccc(CC[C@@H]2CCCNC2=O)n1. The average Bonchev–Trinajstić information content (AvgIpc) is 2.28. The molecule has 1 fully saturated rings. The first-order valence-corrected chi connectivity index (χ1v) is 5.75. The standard InChI is InChI=1S/C12H17N3O/c13-11-5-1-4-10(15-11)7-6-9-3-2-8-14-12(9)16/h1,4-5,9H,2-3,6-8H2,(H2,13,15)(H,14,16)/t9-/m0/s1. The van der Waals surface area contributed by atoms with Gasteiger partial charge in [-0.3, -0.25) is 4.79 Å². The minimum Gasteiger partial charge on any atom is -0.384 e. The Labute approximate surface area is 95.3 Å². The first-order chi connectivity index (χ1) is 7.75. The van der Waals surface area contributed by atoms with Gasteiger partial charge in [-0.05, 0) is 37.8 Å². The Morgan fingerprint density at radius 3 is 3.12 bits per heavy atom. The van der Waals surface area contributed by atoms with Gasteiger partial charge in [-0.1, -0.05) is 6.07 Å². The molecule has 0 saturated carbocycles. The zero-order chi connectivity index (χ0) is 11.4. The van der Waals surface area contributed by atoms with Gasteiger partial charge in [-0.2, -0.15) is 0 Å². The number of nitrogens with two attached hydrogens (primary N) is 1. The van der Waals surface area contributed by atoms with E-state index < -0.39 is 0 Å². The van der Waals surface area contributed by atoms with Gasteiger partial charge in [0.25, 0.3) is 0 Å². The summed E-state index contributed by atoms with van der Waals surface area (Å²) >= 11 is 0. The monoisotopic (exact) mass is 219 g/mol. The van der Waals surface area contributed by atoms with Crippen molar-refractivity contribution in [1.29, 1.82) is 0 Å². The second kappa shape index (κ2) is 4.96. The molecule has 1 aromatic rings. The number of rotatable bonds is 3. The zero-order valence-electron chi connectivity index (χ0n) is 9.28. The summed E-state index contributed by atoms with van der Waals surface area (Å²) in [6, 6.07) is 5.63. The van der Waals surface area contributed by atoms with Crippen LogP contribution in [0.2, 0.25) is 0 Å². The van der Waals surface area contributed by atoms with Crippen LogP contribution in [-0.2, 0) is 11.2 Å². The molecular weight excluding hydrogens is 202 g/mol. The number of hydrogen-bond donors (Lipinski definition) is 2. The van der Waals surface area contributed by atoms with Crippen molar-refractivity contribution in [2.24, 2.45) is 5.92 Å². The summed E-state index contributed by atoms with van der Waals surface area (Å²) < 4.78 is 0. The topological polar surface area (TPSA) is 68.0 Å². The van der Waals surface area contributed by atoms with Crippen LogP contribution in [-0.4, -0.2) is 17.4 Å². The fourth-order valence-electron chi connectivity index (χ4n) is 2.07. The molecule has 0 unspecified atom stereocenters. The number of carbonyl (C=O) groups excluding carboxylic acids is 1. The predicted molar refractivity (Wildman–Crippen MR) is 62.7 cm³/mol. The highest BCUT2D eigenvalue weighted by Gasteiger charge is 2.21. The van der Waals surface area contributed by atoms with Crippen LogP contribution in [0.4, 0.5) is 5.82 Å². The lowest BCUT2D eigenvalue weighted by Crippen LogP contribution is -2.36. The minimum atomic E-state index is 0.150. The predicted octanol–water partition coefficient (Wildman–Crippen LogP) is 1.12. The van der Waals surface area contributed by atoms with Crippen molar-refractivity contribution < 1.29 is 4.79 Å². The molecule has 3 N–H and O–H groups in total. The van der Waals surface area contributed by atoms with Gasteiger partial charge in [0, 0.05) is 18.2 Å². The molecule has 0 radical (unpaired) electrons. The summed E-state index contributed by atoms with van der Waals surface area (Å²) in [5.74, 6) is 0.887. The van der Waals surface area contributed by atoms with E-state index in [0.29, 0.717) is 5.82 Å². The van der Waals surface area contributed by atoms with Crippen LogP contribution in [0.5, 0.6) is 0 Å². The minimum absolute atomic E-state index is 0.150. The van der Waals surface area contributed by atoms with Gasteiger partial charge in [0.1, 0.15) is 5.82 Å². The Morgan fingerprint density at radius 2 is 2.38 bits per heavy atom. The summed E-state index contributed by atoms with van der Waals surface area (Å²) in [6.07, 6.45) is 3.76. The quantitative estimate of drug-likeness (QED) is 0.800. The van der Waals surface area contributed by atoms with E-state index in [1.807, 2.05) is 12.1 Å². The van der Waals surface area contributed by atoms with Crippen molar-refractivity contribution in [2.45, 2.75) is 25.7 Å². The van der Waals surface area contributed by atoms with E-state index in [4.69, 9.17) is 5.73 Å². The number of nitrogens with zero attached hydrogens (tertiary/aromatic N) is 1. The molecule has 1 aliphatic rings. The third kappa shape index (κ3) is 2.72. The molecule has 0 bridgehead atoms. The van der Waals surface area contributed by atoms with Gasteiger partial charge in [0.2, 0.25) is 5.91 Å². The van der Waals surface area contributed by atoms with E-state index in [9.17, 15) is 4.79 Å². The van der Waals surface area contributed by atoms with Crippen LogP contribution in [0.1, 0.15) is 25.0 Å². The Morgan fingerprint density at radius 1 is 1.50 bits per heavy atom. The Hall–Kier alpha value is -1.58. The average molecular weight is 219 g/mol. The van der Waals surface area contributed by atoms with Crippen LogP contribution in [0, 0.1) is 5.92 Å². The molecule has 86 valence electrons. The number of amides is 1. The maximum atomic E-state index is 11.5. The van der Waals surface area contributed by atoms with Gasteiger partial charge >= 0.3 is 0 Å². The number of piperidine rings is 1. The van der Waals surface area contributed by atoms with E-state index in [1.165, 1.54) is 0 Å². The van der Waals surface area contributed by atoms with Crippen molar-refractivity contribution >= 4 is 11.7 Å². The first-order valence-electron chi connectivity index (χ1n) is 5.75. The lowest BCUT2D eigenvalue weighted by Gasteiger charge is -2.21. The number of pyridine rings is 1. The second-order valence-corrected chi connectivity index (χ2v) is 4.22. The first kappa shape index (κ1) is 10.9. The Bertz CT molecular complexity index is 378. The van der Waals surface area contributed by atoms with Crippen molar-refractivity contribution in [1.82, 2.24) is 10.3 Å². The largest absolute Gasteiger partial charge is 0.384 e. The maximum Gasteiger partial charge on any atom is 0.223 e. The van der Waals surface area contributed by atoms with Gasteiger partial charge in [-0.25, -0.2) is 4.98 Å². The highest BCUT2D eigenvalue weighted by molar-refractivity contribution is 5.79. The van der Waals surface area contributed by atoms with E-state index >= 15 is 0 Å². The molecule has 0 aliphatic carbocycles. The van der Waals surface area contributed by atoms with Gasteiger partial charge < -0.3 is 11.1 Å². The Balaban J connectivity index is 1.89. The number of hydrogen-bond acceptors (Lipinski definition) is 3. The maximum absolute atomic E-state index is 11.5. The van der Waals surface area contributed by atoms with E-state index in [-0.39, 0.29) is 11.8 Å². The number of carbonyl (C=O) groups is 1. The summed E-state index contributed by atoms with van der Waals surface area (Å²) in [5, 5.41) is 2.90. The molecule has 4 heteroatoms. The summed E-state index contributed by atoms with van der Waals surface area (Å²) in [5.41, 5.74) is 6.57. The number of anilines is 1. The molecule has 16 heavy (non-hydrogen) atoms. The summed E-state index contributed by atoms with van der Waals surface area (Å²) in [4.78, 5) is 15.8. The van der Waals surface area contributed by atoms with Crippen molar-refractivity contribution in [3.63, 3.8) is 0 Å². The zero-order valence-corrected chi connectivity index (χ0v) is 9.28. The molecule has 0 spiro atoms. The van der Waals surface area contributed by atoms with Gasteiger partial charge in [-0.15, -0.1) is 0 Å². The molecular formula is C12H17N3O. The lowest BCUT2D eigenvalue weighted by atomic mass is 9.93.